The van der Waals surface area contributed by atoms with Gasteiger partial charge < -0.3 is 5.32 Å². The number of benzene rings is 1. The van der Waals surface area contributed by atoms with E-state index in [4.69, 9.17) is 23.2 Å². The Morgan fingerprint density at radius 2 is 1.90 bits per heavy atom. The molecule has 0 bridgehead atoms. The summed E-state index contributed by atoms with van der Waals surface area (Å²) >= 11 is 12.5. The Morgan fingerprint density at radius 3 is 2.55 bits per heavy atom. The van der Waals surface area contributed by atoms with E-state index in [9.17, 15) is 0 Å². The quantitative estimate of drug-likeness (QED) is 0.773. The van der Waals surface area contributed by atoms with Gasteiger partial charge in [0.25, 0.3) is 0 Å². The molecule has 1 aliphatic rings. The van der Waals surface area contributed by atoms with E-state index in [0.29, 0.717) is 11.1 Å². The molecular weight excluding hydrogens is 289 g/mol. The van der Waals surface area contributed by atoms with Crippen LogP contribution < -0.4 is 5.32 Å². The van der Waals surface area contributed by atoms with Crippen molar-refractivity contribution in [3.63, 3.8) is 0 Å². The highest BCUT2D eigenvalue weighted by molar-refractivity contribution is 6.42. The third-order valence-electron chi connectivity index (χ3n) is 4.57. The number of hydrogen-bond acceptors (Lipinski definition) is 1. The minimum Gasteiger partial charge on any atom is -0.314 e. The highest BCUT2D eigenvalue weighted by Gasteiger charge is 2.26. The average molecular weight is 314 g/mol. The molecular formula is C17H25Cl2N. The average Bonchev–Trinajstić information content (AvgIpc) is 2.44. The van der Waals surface area contributed by atoms with Crippen molar-refractivity contribution < 1.29 is 0 Å². The Labute approximate surface area is 133 Å². The molecule has 0 saturated heterocycles. The van der Waals surface area contributed by atoms with Crippen LogP contribution in [-0.2, 0) is 6.42 Å². The number of halogens is 2. The molecule has 1 unspecified atom stereocenters. The molecule has 1 nitrogen and oxygen atoms in total. The van der Waals surface area contributed by atoms with Crippen LogP contribution in [0.1, 0.15) is 45.1 Å². The maximum atomic E-state index is 6.34. The molecule has 112 valence electrons. The summed E-state index contributed by atoms with van der Waals surface area (Å²) in [5, 5.41) is 5.05. The van der Waals surface area contributed by atoms with E-state index in [0.717, 1.165) is 29.8 Å². The molecule has 1 aromatic carbocycles. The zero-order chi connectivity index (χ0) is 14.5. The lowest BCUT2D eigenvalue weighted by molar-refractivity contribution is 0.230. The van der Waals surface area contributed by atoms with E-state index >= 15 is 0 Å². The maximum Gasteiger partial charge on any atom is 0.0624 e. The monoisotopic (exact) mass is 313 g/mol. The summed E-state index contributed by atoms with van der Waals surface area (Å²) in [5.41, 5.74) is 1.17. The second kappa shape index (κ2) is 7.68. The summed E-state index contributed by atoms with van der Waals surface area (Å²) in [6, 6.07) is 6.47. The fourth-order valence-electron chi connectivity index (χ4n) is 3.30. The van der Waals surface area contributed by atoms with Crippen LogP contribution in [0.4, 0.5) is 0 Å². The van der Waals surface area contributed by atoms with Crippen LogP contribution in [0.3, 0.4) is 0 Å². The Kier molecular flexibility index (Phi) is 6.20. The lowest BCUT2D eigenvalue weighted by atomic mass is 9.77. The summed E-state index contributed by atoms with van der Waals surface area (Å²) in [6.45, 7) is 5.55. The van der Waals surface area contributed by atoms with Gasteiger partial charge in [0, 0.05) is 6.04 Å². The third-order valence-corrected chi connectivity index (χ3v) is 5.43. The van der Waals surface area contributed by atoms with Gasteiger partial charge in [-0.15, -0.1) is 0 Å². The summed E-state index contributed by atoms with van der Waals surface area (Å²) in [7, 11) is 0. The van der Waals surface area contributed by atoms with Gasteiger partial charge in [-0.05, 0) is 49.3 Å². The first-order valence-electron chi connectivity index (χ1n) is 7.78. The summed E-state index contributed by atoms with van der Waals surface area (Å²) in [6.07, 6.45) is 6.35. The van der Waals surface area contributed by atoms with Crippen LogP contribution in [-0.4, -0.2) is 12.6 Å². The van der Waals surface area contributed by atoms with Crippen LogP contribution in [0.5, 0.6) is 0 Å². The molecule has 0 aromatic heterocycles. The third kappa shape index (κ3) is 4.13. The Hall–Kier alpha value is -0.240. The van der Waals surface area contributed by atoms with Crippen molar-refractivity contribution in [2.24, 2.45) is 11.8 Å². The first-order valence-corrected chi connectivity index (χ1v) is 8.53. The molecule has 3 heteroatoms. The van der Waals surface area contributed by atoms with Gasteiger partial charge >= 0.3 is 0 Å². The van der Waals surface area contributed by atoms with Crippen molar-refractivity contribution in [1.29, 1.82) is 0 Å². The van der Waals surface area contributed by atoms with Crippen molar-refractivity contribution in [2.45, 2.75) is 52.0 Å². The standard InChI is InChI=1S/C17H25Cl2N/c1-3-20-16(13-9-7-12(2)8-10-13)11-14-5-4-6-15(18)17(14)19/h4-6,12-13,16,20H,3,7-11H2,1-2H3. The van der Waals surface area contributed by atoms with E-state index in [2.05, 4.69) is 25.2 Å². The highest BCUT2D eigenvalue weighted by atomic mass is 35.5. The van der Waals surface area contributed by atoms with Crippen molar-refractivity contribution in [3.8, 4) is 0 Å². The molecule has 0 heterocycles. The maximum absolute atomic E-state index is 6.34. The summed E-state index contributed by atoms with van der Waals surface area (Å²) < 4.78 is 0. The van der Waals surface area contributed by atoms with Crippen molar-refractivity contribution in [2.75, 3.05) is 6.54 Å². The Balaban J connectivity index is 2.07. The summed E-state index contributed by atoms with van der Waals surface area (Å²) in [4.78, 5) is 0. The Bertz CT molecular complexity index is 425. The molecule has 2 rings (SSSR count). The molecule has 1 saturated carbocycles. The first-order chi connectivity index (χ1) is 9.61. The predicted molar refractivity (Wildman–Crippen MR) is 88.8 cm³/mol. The molecule has 0 spiro atoms. The largest absolute Gasteiger partial charge is 0.314 e. The predicted octanol–water partition coefficient (Wildman–Crippen LogP) is 5.34. The van der Waals surface area contributed by atoms with E-state index in [1.165, 1.54) is 31.2 Å². The highest BCUT2D eigenvalue weighted by Crippen LogP contribution is 2.33. The number of hydrogen-bond donors (Lipinski definition) is 1. The zero-order valence-electron chi connectivity index (χ0n) is 12.5. The molecule has 0 aliphatic heterocycles. The molecule has 1 aromatic rings. The molecule has 1 atom stereocenters. The number of rotatable bonds is 5. The van der Waals surface area contributed by atoms with Gasteiger partial charge in [0.2, 0.25) is 0 Å². The smallest absolute Gasteiger partial charge is 0.0624 e. The Morgan fingerprint density at radius 1 is 1.20 bits per heavy atom. The van der Waals surface area contributed by atoms with Crippen molar-refractivity contribution in [1.82, 2.24) is 5.32 Å². The normalized spacial score (nSPS) is 24.6. The van der Waals surface area contributed by atoms with E-state index < -0.39 is 0 Å². The van der Waals surface area contributed by atoms with E-state index in [-0.39, 0.29) is 0 Å². The summed E-state index contributed by atoms with van der Waals surface area (Å²) in [5.74, 6) is 1.66. The minimum atomic E-state index is 0.517. The number of likely N-dealkylation sites (N-methyl/N-ethyl adjacent to an activating group) is 1. The minimum absolute atomic E-state index is 0.517. The van der Waals surface area contributed by atoms with E-state index in [1.54, 1.807) is 0 Å². The fourth-order valence-corrected chi connectivity index (χ4v) is 3.70. The molecule has 20 heavy (non-hydrogen) atoms. The van der Waals surface area contributed by atoms with Crippen LogP contribution >= 0.6 is 23.2 Å². The van der Waals surface area contributed by atoms with Gasteiger partial charge in [-0.3, -0.25) is 0 Å². The van der Waals surface area contributed by atoms with Crippen molar-refractivity contribution >= 4 is 23.2 Å². The zero-order valence-corrected chi connectivity index (χ0v) is 14.0. The van der Waals surface area contributed by atoms with Crippen LogP contribution in [0.2, 0.25) is 10.0 Å². The fraction of sp³-hybridized carbons (Fsp3) is 0.647. The van der Waals surface area contributed by atoms with Crippen molar-refractivity contribution in [3.05, 3.63) is 33.8 Å². The molecule has 1 aliphatic carbocycles. The van der Waals surface area contributed by atoms with Gasteiger partial charge in [0.1, 0.15) is 0 Å². The van der Waals surface area contributed by atoms with Crippen LogP contribution in [0.15, 0.2) is 18.2 Å². The second-order valence-corrected chi connectivity index (χ2v) is 6.89. The molecule has 1 fully saturated rings. The lowest BCUT2D eigenvalue weighted by Gasteiger charge is -2.33. The van der Waals surface area contributed by atoms with Gasteiger partial charge in [0.15, 0.2) is 0 Å². The SMILES string of the molecule is CCNC(Cc1cccc(Cl)c1Cl)C1CCC(C)CC1. The number of nitrogens with one attached hydrogen (secondary N) is 1. The van der Waals surface area contributed by atoms with Crippen LogP contribution in [0.25, 0.3) is 0 Å². The van der Waals surface area contributed by atoms with E-state index in [1.807, 2.05) is 12.1 Å². The lowest BCUT2D eigenvalue weighted by Crippen LogP contribution is -2.39. The molecule has 1 N–H and O–H groups in total. The van der Waals surface area contributed by atoms with Gasteiger partial charge in [-0.25, -0.2) is 0 Å². The van der Waals surface area contributed by atoms with Gasteiger partial charge in [-0.1, -0.05) is 62.0 Å². The topological polar surface area (TPSA) is 12.0 Å². The second-order valence-electron chi connectivity index (χ2n) is 6.10. The van der Waals surface area contributed by atoms with Crippen LogP contribution in [0, 0.1) is 11.8 Å². The van der Waals surface area contributed by atoms with Gasteiger partial charge in [0.05, 0.1) is 10.0 Å². The molecule has 0 radical (unpaired) electrons. The first kappa shape index (κ1) is 16.1. The molecule has 0 amide bonds. The van der Waals surface area contributed by atoms with Gasteiger partial charge in [-0.2, -0.15) is 0 Å².